The van der Waals surface area contributed by atoms with E-state index in [1.54, 1.807) is 26.2 Å². The quantitative estimate of drug-likeness (QED) is 0.0498. The van der Waals surface area contributed by atoms with E-state index in [9.17, 15) is 31.2 Å². The molecule has 0 amide bonds. The van der Waals surface area contributed by atoms with E-state index >= 15 is 0 Å². The van der Waals surface area contributed by atoms with E-state index in [-0.39, 0.29) is 34.3 Å². The Morgan fingerprint density at radius 3 is 2.16 bits per heavy atom. The van der Waals surface area contributed by atoms with Gasteiger partial charge in [-0.2, -0.15) is 18.8 Å². The average Bonchev–Trinajstić information content (AvgIpc) is 3.29. The van der Waals surface area contributed by atoms with Crippen LogP contribution in [-0.4, -0.2) is 68.2 Å². The summed E-state index contributed by atoms with van der Waals surface area (Å²) in [5.74, 6) is 0.884. The van der Waals surface area contributed by atoms with E-state index < -0.39 is 36.7 Å². The zero-order valence-electron chi connectivity index (χ0n) is 27.9. The summed E-state index contributed by atoms with van der Waals surface area (Å²) >= 11 is -2.15. The van der Waals surface area contributed by atoms with Crippen LogP contribution in [0.1, 0.15) is 35.6 Å². The monoisotopic (exact) mass is 752 g/mol. The van der Waals surface area contributed by atoms with Crippen LogP contribution in [-0.2, 0) is 36.7 Å². The van der Waals surface area contributed by atoms with Gasteiger partial charge in [0.05, 0.1) is 27.5 Å². The fourth-order valence-electron chi connectivity index (χ4n) is 4.69. The molecule has 3 unspecified atom stereocenters. The van der Waals surface area contributed by atoms with Crippen molar-refractivity contribution in [2.75, 3.05) is 43.2 Å². The number of nitrogens with one attached hydrogen (secondary N) is 2. The lowest BCUT2D eigenvalue weighted by Gasteiger charge is -2.16. The molecule has 0 bridgehead atoms. The van der Waals surface area contributed by atoms with Crippen molar-refractivity contribution in [1.29, 1.82) is 5.26 Å². The van der Waals surface area contributed by atoms with Gasteiger partial charge in [-0.05, 0) is 62.1 Å². The second kappa shape index (κ2) is 17.4. The van der Waals surface area contributed by atoms with Crippen molar-refractivity contribution in [3.05, 3.63) is 82.8 Å². The molecule has 1 aliphatic rings. The Hall–Kier alpha value is -4.77. The van der Waals surface area contributed by atoms with Crippen molar-refractivity contribution in [3.8, 4) is 6.07 Å². The standard InChI is InChI=1S/C33H36N8O7S3/c1-5-49(42)20-18-36-31-27(21-34)22(2)30(32(37-31)35-17-6-19-48-4)41-40-29-12-11-28(39-38-23-7-9-24(10-8-23)50(43)44)25-13-15-33(3,51(45,46)47)16-14-26(25)29/h5,7-16H,1,6,17-20H2,2-4H3,(H,43,44)(H2,35,36,37)(H,45,46,47). The van der Waals surface area contributed by atoms with Gasteiger partial charge in [0.1, 0.15) is 22.3 Å². The molecule has 0 saturated carbocycles. The van der Waals surface area contributed by atoms with Crippen LogP contribution < -0.4 is 10.6 Å². The van der Waals surface area contributed by atoms with Crippen molar-refractivity contribution in [3.63, 3.8) is 0 Å². The highest BCUT2D eigenvalue weighted by Crippen LogP contribution is 2.40. The summed E-state index contributed by atoms with van der Waals surface area (Å²) in [6.07, 6.45) is 6.28. The number of nitrogens with zero attached hydrogens (tertiary/aromatic N) is 6. The van der Waals surface area contributed by atoms with Gasteiger partial charge in [-0.1, -0.05) is 30.9 Å². The predicted molar refractivity (Wildman–Crippen MR) is 199 cm³/mol. The molecule has 0 spiro atoms. The van der Waals surface area contributed by atoms with Gasteiger partial charge in [0.15, 0.2) is 16.9 Å². The van der Waals surface area contributed by atoms with Crippen LogP contribution in [0.25, 0.3) is 12.2 Å². The number of anilines is 2. The molecule has 1 aliphatic carbocycles. The maximum atomic E-state index is 12.3. The molecule has 3 atom stereocenters. The number of methoxy groups -OCH3 is 1. The van der Waals surface area contributed by atoms with Crippen molar-refractivity contribution < 1.29 is 30.7 Å². The van der Waals surface area contributed by atoms with Crippen LogP contribution in [0.5, 0.6) is 0 Å². The lowest BCUT2D eigenvalue weighted by Crippen LogP contribution is -2.29. The molecular formula is C33H36N8O7S3. The third-order valence-electron chi connectivity index (χ3n) is 7.65. The second-order valence-corrected chi connectivity index (χ2v) is 15.4. The van der Waals surface area contributed by atoms with Gasteiger partial charge in [0, 0.05) is 60.0 Å². The number of hydrogen-bond acceptors (Lipinski definition) is 13. The number of ether oxygens (including phenoxy) is 1. The minimum atomic E-state index is -4.57. The first-order valence-electron chi connectivity index (χ1n) is 15.3. The molecule has 3 aromatic rings. The Balaban J connectivity index is 1.81. The fraction of sp³-hybridized carbons (Fsp3) is 0.273. The van der Waals surface area contributed by atoms with E-state index in [0.717, 1.165) is 0 Å². The molecule has 0 radical (unpaired) electrons. The maximum absolute atomic E-state index is 12.3. The van der Waals surface area contributed by atoms with Crippen LogP contribution in [0.2, 0.25) is 0 Å². The minimum absolute atomic E-state index is 0.197. The molecule has 1 heterocycles. The molecule has 0 saturated heterocycles. The maximum Gasteiger partial charge on any atom is 0.277 e. The summed E-state index contributed by atoms with van der Waals surface area (Å²) in [5, 5.41) is 35.3. The van der Waals surface area contributed by atoms with Crippen molar-refractivity contribution in [2.24, 2.45) is 20.5 Å². The first kappa shape index (κ1) is 39.0. The number of pyridine rings is 1. The van der Waals surface area contributed by atoms with Crippen LogP contribution >= 0.6 is 0 Å². The van der Waals surface area contributed by atoms with Crippen LogP contribution in [0.3, 0.4) is 0 Å². The predicted octanol–water partition coefficient (Wildman–Crippen LogP) is 7.11. The molecule has 18 heteroatoms. The molecule has 268 valence electrons. The highest BCUT2D eigenvalue weighted by Gasteiger charge is 2.34. The SMILES string of the molecule is C=CS(=O)CCNc1nc(NCCCOC)c(N=Nc2ccc(N=Nc3ccc(S(=O)O)cc3)c3c2C=CC(C)(S(=O)(=O)O)C=C3)c(C)c1C#N. The number of azo groups is 2. The fourth-order valence-corrected chi connectivity index (χ4v) is 6.01. The first-order chi connectivity index (χ1) is 24.3. The van der Waals surface area contributed by atoms with E-state index in [0.29, 0.717) is 59.1 Å². The zero-order valence-corrected chi connectivity index (χ0v) is 30.4. The Bertz CT molecular complexity index is 2110. The molecule has 2 aromatic carbocycles. The van der Waals surface area contributed by atoms with Gasteiger partial charge in [-0.3, -0.25) is 8.76 Å². The lowest BCUT2D eigenvalue weighted by atomic mass is 10.0. The summed E-state index contributed by atoms with van der Waals surface area (Å²) in [6.45, 7) is 7.80. The molecule has 15 nitrogen and oxygen atoms in total. The summed E-state index contributed by atoms with van der Waals surface area (Å²) in [6, 6.07) is 11.3. The molecule has 4 rings (SSSR count). The van der Waals surface area contributed by atoms with Crippen molar-refractivity contribution in [2.45, 2.75) is 29.9 Å². The van der Waals surface area contributed by atoms with E-state index in [1.807, 2.05) is 0 Å². The second-order valence-electron chi connectivity index (χ2n) is 11.1. The zero-order chi connectivity index (χ0) is 37.2. The summed E-state index contributed by atoms with van der Waals surface area (Å²) < 4.78 is 70.6. The van der Waals surface area contributed by atoms with Gasteiger partial charge in [0.25, 0.3) is 10.1 Å². The number of fused-ring (bicyclic) bond motifs is 1. The lowest BCUT2D eigenvalue weighted by molar-refractivity contribution is 0.198. The number of rotatable bonds is 16. The normalized spacial score (nSPS) is 16.8. The van der Waals surface area contributed by atoms with E-state index in [1.165, 1.54) is 60.9 Å². The molecule has 0 fully saturated rings. The van der Waals surface area contributed by atoms with Crippen molar-refractivity contribution >= 4 is 78.5 Å². The Kier molecular flexibility index (Phi) is 13.3. The molecule has 51 heavy (non-hydrogen) atoms. The van der Waals surface area contributed by atoms with Crippen LogP contribution in [0.15, 0.2) is 85.9 Å². The number of hydrogen-bond donors (Lipinski definition) is 4. The summed E-state index contributed by atoms with van der Waals surface area (Å²) in [4.78, 5) is 4.82. The van der Waals surface area contributed by atoms with Crippen LogP contribution in [0.4, 0.5) is 34.4 Å². The van der Waals surface area contributed by atoms with Gasteiger partial charge in [-0.15, -0.1) is 15.3 Å². The van der Waals surface area contributed by atoms with Crippen LogP contribution in [0, 0.1) is 18.3 Å². The summed E-state index contributed by atoms with van der Waals surface area (Å²) in [5.41, 5.74) is 2.84. The largest absolute Gasteiger partial charge is 0.385 e. The topological polar surface area (TPSA) is 228 Å². The Labute approximate surface area is 300 Å². The highest BCUT2D eigenvalue weighted by atomic mass is 32.2. The Morgan fingerprint density at radius 1 is 1.00 bits per heavy atom. The van der Waals surface area contributed by atoms with Gasteiger partial charge in [0.2, 0.25) is 0 Å². The van der Waals surface area contributed by atoms with E-state index in [2.05, 4.69) is 48.7 Å². The van der Waals surface area contributed by atoms with Gasteiger partial charge < -0.3 is 19.9 Å². The average molecular weight is 753 g/mol. The number of aromatic nitrogens is 1. The molecular weight excluding hydrogens is 717 g/mol. The molecule has 0 aliphatic heterocycles. The number of benzene rings is 2. The smallest absolute Gasteiger partial charge is 0.277 e. The molecule has 1 aromatic heterocycles. The summed E-state index contributed by atoms with van der Waals surface area (Å²) in [7, 11) is -4.23. The van der Waals surface area contributed by atoms with Gasteiger partial charge >= 0.3 is 0 Å². The minimum Gasteiger partial charge on any atom is -0.385 e. The highest BCUT2D eigenvalue weighted by molar-refractivity contribution is 7.88. The van der Waals surface area contributed by atoms with Crippen molar-refractivity contribution in [1.82, 2.24) is 4.98 Å². The number of nitriles is 1. The van der Waals surface area contributed by atoms with E-state index in [4.69, 9.17) is 4.74 Å². The Morgan fingerprint density at radius 2 is 1.61 bits per heavy atom. The third-order valence-corrected chi connectivity index (χ3v) is 10.7. The first-order valence-corrected chi connectivity index (χ1v) is 19.2. The van der Waals surface area contributed by atoms with Gasteiger partial charge in [-0.25, -0.2) is 9.19 Å². The molecule has 4 N–H and O–H groups in total. The third kappa shape index (κ3) is 9.72.